The predicted molar refractivity (Wildman–Crippen MR) is 70.4 cm³/mol. The van der Waals surface area contributed by atoms with E-state index in [-0.39, 0.29) is 17.1 Å². The van der Waals surface area contributed by atoms with Crippen LogP contribution in [0.4, 0.5) is 13.2 Å². The van der Waals surface area contributed by atoms with Gasteiger partial charge in [0.15, 0.2) is 5.78 Å². The first-order valence-electron chi connectivity index (χ1n) is 7.29. The van der Waals surface area contributed by atoms with Crippen molar-refractivity contribution in [3.63, 3.8) is 0 Å². The summed E-state index contributed by atoms with van der Waals surface area (Å²) in [6.45, 7) is 1.54. The Labute approximate surface area is 121 Å². The fourth-order valence-corrected chi connectivity index (χ4v) is 3.86. The number of carbonyl (C=O) groups excluding carboxylic acids is 2. The number of Topliss-reactive ketones (excluding diaryl/α,β-unsaturated/α-hetero) is 2. The number of allylic oxidation sites excluding steroid dienone is 4. The first kappa shape index (κ1) is 14.5. The molecule has 0 radical (unpaired) electrons. The van der Waals surface area contributed by atoms with Crippen molar-refractivity contribution in [3.8, 4) is 0 Å². The second-order valence-electron chi connectivity index (χ2n) is 6.52. The van der Waals surface area contributed by atoms with E-state index in [9.17, 15) is 22.8 Å². The molecule has 3 aliphatic rings. The van der Waals surface area contributed by atoms with Crippen LogP contribution in [0.2, 0.25) is 0 Å². The molecule has 0 bridgehead atoms. The molecule has 0 aromatic rings. The first-order chi connectivity index (χ1) is 9.73. The van der Waals surface area contributed by atoms with Crippen molar-refractivity contribution in [2.75, 3.05) is 0 Å². The maximum atomic E-state index is 13.0. The Morgan fingerprint density at radius 3 is 2.33 bits per heavy atom. The smallest absolute Gasteiger partial charge is 0.300 e. The highest BCUT2D eigenvalue weighted by atomic mass is 19.4. The van der Waals surface area contributed by atoms with Crippen molar-refractivity contribution in [2.24, 2.45) is 17.3 Å². The largest absolute Gasteiger partial charge is 0.395 e. The molecule has 0 aliphatic heterocycles. The third-order valence-corrected chi connectivity index (χ3v) is 5.12. The molecule has 2 nitrogen and oxygen atoms in total. The fraction of sp³-hybridized carbons (Fsp3) is 0.625. The number of halogens is 3. The van der Waals surface area contributed by atoms with E-state index in [1.165, 1.54) is 6.92 Å². The van der Waals surface area contributed by atoms with Crippen LogP contribution in [0.25, 0.3) is 0 Å². The summed E-state index contributed by atoms with van der Waals surface area (Å²) in [5.41, 5.74) is 0.387. The average molecular weight is 298 g/mol. The molecule has 2 fully saturated rings. The summed E-state index contributed by atoms with van der Waals surface area (Å²) in [6, 6.07) is 0. The van der Waals surface area contributed by atoms with Gasteiger partial charge in [0, 0.05) is 23.8 Å². The highest BCUT2D eigenvalue weighted by Crippen LogP contribution is 2.53. The van der Waals surface area contributed by atoms with Crippen molar-refractivity contribution in [1.29, 1.82) is 0 Å². The summed E-state index contributed by atoms with van der Waals surface area (Å²) in [5.74, 6) is -2.26. The van der Waals surface area contributed by atoms with E-state index in [0.717, 1.165) is 11.6 Å². The lowest BCUT2D eigenvalue weighted by molar-refractivity contribution is -0.169. The summed E-state index contributed by atoms with van der Waals surface area (Å²) in [5, 5.41) is 0. The van der Waals surface area contributed by atoms with Gasteiger partial charge in [0.2, 0.25) is 0 Å². The molecule has 0 aromatic heterocycles. The highest BCUT2D eigenvalue weighted by Gasteiger charge is 2.52. The first-order valence-corrected chi connectivity index (χ1v) is 7.29. The Bertz CT molecular complexity index is 559. The van der Waals surface area contributed by atoms with Gasteiger partial charge in [0.05, 0.1) is 5.92 Å². The number of carbonyl (C=O) groups is 2. The molecule has 0 N–H and O–H groups in total. The third kappa shape index (κ3) is 2.27. The van der Waals surface area contributed by atoms with E-state index in [4.69, 9.17) is 0 Å². The lowest BCUT2D eigenvalue weighted by Crippen LogP contribution is -2.32. The Hall–Kier alpha value is -1.39. The van der Waals surface area contributed by atoms with E-state index in [0.29, 0.717) is 32.1 Å². The standard InChI is InChI=1S/C16H17F3O2/c1-9-6-10-8-15(4-2-11(20)3-5-15)14(21)12(10)7-13(9)16(17,18)19/h6-7,9,13H,2-5,8H2,1H3. The summed E-state index contributed by atoms with van der Waals surface area (Å²) < 4.78 is 39.1. The highest BCUT2D eigenvalue weighted by molar-refractivity contribution is 6.08. The predicted octanol–water partition coefficient (Wildman–Crippen LogP) is 3.77. The Morgan fingerprint density at radius 1 is 1.14 bits per heavy atom. The number of rotatable bonds is 0. The number of ketones is 2. The summed E-state index contributed by atoms with van der Waals surface area (Å²) in [6.07, 6.45) is 0.584. The van der Waals surface area contributed by atoms with Crippen LogP contribution in [-0.4, -0.2) is 17.7 Å². The quantitative estimate of drug-likeness (QED) is 0.682. The average Bonchev–Trinajstić information content (AvgIpc) is 2.64. The lowest BCUT2D eigenvalue weighted by Gasteiger charge is -2.30. The molecule has 0 aromatic carbocycles. The zero-order valence-corrected chi connectivity index (χ0v) is 11.8. The van der Waals surface area contributed by atoms with E-state index >= 15 is 0 Å². The summed E-state index contributed by atoms with van der Waals surface area (Å²) in [4.78, 5) is 24.0. The minimum atomic E-state index is -4.33. The van der Waals surface area contributed by atoms with Gasteiger partial charge < -0.3 is 0 Å². The molecular formula is C16H17F3O2. The lowest BCUT2D eigenvalue weighted by atomic mass is 9.71. The third-order valence-electron chi connectivity index (χ3n) is 5.12. The Morgan fingerprint density at radius 2 is 1.76 bits per heavy atom. The molecular weight excluding hydrogens is 281 g/mol. The SMILES string of the molecule is CC1C=C2CC3(CCC(=O)CC3)C(=O)C2=CC1C(F)(F)F. The van der Waals surface area contributed by atoms with E-state index in [2.05, 4.69) is 0 Å². The molecule has 5 heteroatoms. The van der Waals surface area contributed by atoms with Crippen LogP contribution in [0.1, 0.15) is 39.0 Å². The van der Waals surface area contributed by atoms with Gasteiger partial charge in [-0.1, -0.05) is 19.1 Å². The van der Waals surface area contributed by atoms with Crippen LogP contribution in [0.5, 0.6) is 0 Å². The van der Waals surface area contributed by atoms with Crippen LogP contribution in [0.3, 0.4) is 0 Å². The van der Waals surface area contributed by atoms with Gasteiger partial charge in [-0.05, 0) is 30.8 Å². The second kappa shape index (κ2) is 4.55. The van der Waals surface area contributed by atoms with Gasteiger partial charge >= 0.3 is 6.18 Å². The minimum absolute atomic E-state index is 0.146. The molecule has 2 saturated carbocycles. The van der Waals surface area contributed by atoms with Gasteiger partial charge in [-0.25, -0.2) is 0 Å². The molecule has 2 atom stereocenters. The molecule has 0 amide bonds. The van der Waals surface area contributed by atoms with E-state index < -0.39 is 23.4 Å². The maximum absolute atomic E-state index is 13.0. The molecule has 3 rings (SSSR count). The van der Waals surface area contributed by atoms with Gasteiger partial charge in [0.1, 0.15) is 5.78 Å². The molecule has 3 aliphatic carbocycles. The molecule has 2 unspecified atom stereocenters. The van der Waals surface area contributed by atoms with Crippen LogP contribution < -0.4 is 0 Å². The van der Waals surface area contributed by atoms with Crippen LogP contribution in [-0.2, 0) is 9.59 Å². The van der Waals surface area contributed by atoms with Gasteiger partial charge in [0.25, 0.3) is 0 Å². The zero-order chi connectivity index (χ0) is 15.4. The number of hydrogen-bond donors (Lipinski definition) is 0. The Balaban J connectivity index is 1.94. The van der Waals surface area contributed by atoms with E-state index in [1.807, 2.05) is 0 Å². The van der Waals surface area contributed by atoms with Crippen molar-refractivity contribution >= 4 is 11.6 Å². The van der Waals surface area contributed by atoms with E-state index in [1.54, 1.807) is 6.08 Å². The van der Waals surface area contributed by atoms with Crippen molar-refractivity contribution in [3.05, 3.63) is 23.3 Å². The minimum Gasteiger partial charge on any atom is -0.300 e. The summed E-state index contributed by atoms with van der Waals surface area (Å²) >= 11 is 0. The van der Waals surface area contributed by atoms with Crippen LogP contribution in [0, 0.1) is 17.3 Å². The van der Waals surface area contributed by atoms with Gasteiger partial charge in [-0.3, -0.25) is 9.59 Å². The molecule has 114 valence electrons. The van der Waals surface area contributed by atoms with Crippen LogP contribution in [0.15, 0.2) is 23.3 Å². The van der Waals surface area contributed by atoms with Gasteiger partial charge in [-0.15, -0.1) is 0 Å². The van der Waals surface area contributed by atoms with Crippen LogP contribution >= 0.6 is 0 Å². The Kier molecular flexibility index (Phi) is 3.15. The number of hydrogen-bond acceptors (Lipinski definition) is 2. The topological polar surface area (TPSA) is 34.1 Å². The number of fused-ring (bicyclic) bond motifs is 1. The monoisotopic (exact) mass is 298 g/mol. The normalized spacial score (nSPS) is 32.0. The number of alkyl halides is 3. The van der Waals surface area contributed by atoms with Crippen molar-refractivity contribution in [2.45, 2.75) is 45.2 Å². The maximum Gasteiger partial charge on any atom is 0.395 e. The zero-order valence-electron chi connectivity index (χ0n) is 11.8. The molecule has 1 spiro atoms. The molecule has 0 saturated heterocycles. The van der Waals surface area contributed by atoms with Gasteiger partial charge in [-0.2, -0.15) is 13.2 Å². The molecule has 0 heterocycles. The molecule has 21 heavy (non-hydrogen) atoms. The van der Waals surface area contributed by atoms with Crippen molar-refractivity contribution < 1.29 is 22.8 Å². The summed E-state index contributed by atoms with van der Waals surface area (Å²) in [7, 11) is 0. The van der Waals surface area contributed by atoms with Crippen molar-refractivity contribution in [1.82, 2.24) is 0 Å². The fourth-order valence-electron chi connectivity index (χ4n) is 3.86. The second-order valence-corrected chi connectivity index (χ2v) is 6.52.